The van der Waals surface area contributed by atoms with Crippen LogP contribution in [0.3, 0.4) is 0 Å². The highest BCUT2D eigenvalue weighted by molar-refractivity contribution is 7.99. The van der Waals surface area contributed by atoms with Crippen LogP contribution in [0.5, 0.6) is 0 Å². The highest BCUT2D eigenvalue weighted by Crippen LogP contribution is 2.27. The van der Waals surface area contributed by atoms with E-state index in [2.05, 4.69) is 49.9 Å². The van der Waals surface area contributed by atoms with Crippen molar-refractivity contribution >= 4 is 17.7 Å². The highest BCUT2D eigenvalue weighted by Gasteiger charge is 2.32. The van der Waals surface area contributed by atoms with Gasteiger partial charge >= 0.3 is 0 Å². The van der Waals surface area contributed by atoms with Crippen LogP contribution in [0, 0.1) is 6.92 Å². The molecule has 0 unspecified atom stereocenters. The van der Waals surface area contributed by atoms with E-state index < -0.39 is 0 Å². The minimum atomic E-state index is 0.318. The van der Waals surface area contributed by atoms with E-state index in [1.807, 2.05) is 0 Å². The summed E-state index contributed by atoms with van der Waals surface area (Å²) in [4.78, 5) is 14.5. The van der Waals surface area contributed by atoms with E-state index in [1.165, 1.54) is 17.5 Å². The molecule has 2 rings (SSSR count). The predicted molar refractivity (Wildman–Crippen MR) is 87.0 cm³/mol. The first kappa shape index (κ1) is 15.4. The van der Waals surface area contributed by atoms with Crippen molar-refractivity contribution in [2.75, 3.05) is 5.75 Å². The van der Waals surface area contributed by atoms with E-state index in [9.17, 15) is 4.79 Å². The number of rotatable bonds is 5. The minimum Gasteiger partial charge on any atom is -0.336 e. The van der Waals surface area contributed by atoms with Crippen LogP contribution in [0.15, 0.2) is 24.3 Å². The summed E-state index contributed by atoms with van der Waals surface area (Å²) in [6, 6.07) is 9.46. The van der Waals surface area contributed by atoms with Crippen molar-refractivity contribution in [3.8, 4) is 0 Å². The quantitative estimate of drug-likeness (QED) is 0.816. The Morgan fingerprint density at radius 1 is 1.30 bits per heavy atom. The summed E-state index contributed by atoms with van der Waals surface area (Å²) in [6.07, 6.45) is 3.41. The lowest BCUT2D eigenvalue weighted by atomic mass is 10.1. The van der Waals surface area contributed by atoms with Gasteiger partial charge in [-0.15, -0.1) is 11.8 Å². The van der Waals surface area contributed by atoms with Gasteiger partial charge in [-0.25, -0.2) is 0 Å². The number of thioether (sulfide) groups is 1. The zero-order chi connectivity index (χ0) is 14.5. The van der Waals surface area contributed by atoms with Gasteiger partial charge in [0.05, 0.1) is 5.75 Å². The SMILES string of the molecule is CC[C@H]1CC[C@H](C)N1C(=O)CSCc1ccc(C)cc1. The first-order valence-electron chi connectivity index (χ1n) is 7.56. The molecule has 1 saturated heterocycles. The van der Waals surface area contributed by atoms with Crippen LogP contribution in [0.25, 0.3) is 0 Å². The zero-order valence-electron chi connectivity index (χ0n) is 12.8. The third kappa shape index (κ3) is 3.78. The lowest BCUT2D eigenvalue weighted by molar-refractivity contribution is -0.130. The van der Waals surface area contributed by atoms with Crippen molar-refractivity contribution in [2.45, 2.75) is 57.9 Å². The van der Waals surface area contributed by atoms with Gasteiger partial charge in [-0.2, -0.15) is 0 Å². The smallest absolute Gasteiger partial charge is 0.233 e. The number of carbonyl (C=O) groups is 1. The molecular formula is C17H25NOS. The molecule has 1 heterocycles. The molecule has 0 radical (unpaired) electrons. The summed E-state index contributed by atoms with van der Waals surface area (Å²) >= 11 is 1.73. The number of aryl methyl sites for hydroxylation is 1. The molecule has 1 amide bonds. The first-order valence-corrected chi connectivity index (χ1v) is 8.71. The van der Waals surface area contributed by atoms with E-state index in [0.29, 0.717) is 23.7 Å². The molecule has 1 aliphatic rings. The Morgan fingerprint density at radius 3 is 2.65 bits per heavy atom. The summed E-state index contributed by atoms with van der Waals surface area (Å²) in [7, 11) is 0. The Bertz CT molecular complexity index is 443. The van der Waals surface area contributed by atoms with Gasteiger partial charge < -0.3 is 4.90 Å². The summed E-state index contributed by atoms with van der Waals surface area (Å²) in [5.74, 6) is 1.85. The molecule has 1 fully saturated rings. The van der Waals surface area contributed by atoms with E-state index >= 15 is 0 Å². The molecule has 3 heteroatoms. The largest absolute Gasteiger partial charge is 0.336 e. The molecule has 0 aromatic heterocycles. The number of benzene rings is 1. The van der Waals surface area contributed by atoms with Gasteiger partial charge in [0.2, 0.25) is 5.91 Å². The molecule has 1 aromatic rings. The van der Waals surface area contributed by atoms with Crippen molar-refractivity contribution in [3.05, 3.63) is 35.4 Å². The molecule has 0 N–H and O–H groups in total. The van der Waals surface area contributed by atoms with Crippen molar-refractivity contribution in [1.29, 1.82) is 0 Å². The maximum Gasteiger partial charge on any atom is 0.233 e. The van der Waals surface area contributed by atoms with Crippen LogP contribution in [0.2, 0.25) is 0 Å². The van der Waals surface area contributed by atoms with E-state index in [0.717, 1.165) is 18.6 Å². The maximum absolute atomic E-state index is 12.4. The number of likely N-dealkylation sites (tertiary alicyclic amines) is 1. The molecule has 0 aliphatic carbocycles. The lowest BCUT2D eigenvalue weighted by Crippen LogP contribution is -2.40. The van der Waals surface area contributed by atoms with Crippen LogP contribution in [-0.2, 0) is 10.5 Å². The molecule has 0 saturated carbocycles. The van der Waals surface area contributed by atoms with E-state index in [1.54, 1.807) is 11.8 Å². The molecular weight excluding hydrogens is 266 g/mol. The van der Waals surface area contributed by atoms with Crippen molar-refractivity contribution < 1.29 is 4.79 Å². The van der Waals surface area contributed by atoms with Crippen LogP contribution >= 0.6 is 11.8 Å². The van der Waals surface area contributed by atoms with Gasteiger partial charge in [0.25, 0.3) is 0 Å². The number of hydrogen-bond acceptors (Lipinski definition) is 2. The second kappa shape index (κ2) is 7.16. The standard InChI is InChI=1S/C17H25NOS/c1-4-16-10-7-14(3)18(16)17(19)12-20-11-15-8-5-13(2)6-9-15/h5-6,8-9,14,16H,4,7,10-12H2,1-3H3/t14-,16-/m0/s1. The Morgan fingerprint density at radius 2 is 2.00 bits per heavy atom. The maximum atomic E-state index is 12.4. The van der Waals surface area contributed by atoms with Crippen LogP contribution in [-0.4, -0.2) is 28.6 Å². The molecule has 2 nitrogen and oxygen atoms in total. The van der Waals surface area contributed by atoms with Crippen LogP contribution in [0.4, 0.5) is 0 Å². The molecule has 2 atom stereocenters. The fraction of sp³-hybridized carbons (Fsp3) is 0.588. The molecule has 0 spiro atoms. The Balaban J connectivity index is 1.81. The van der Waals surface area contributed by atoms with Gasteiger partial charge in [-0.3, -0.25) is 4.79 Å². The number of carbonyl (C=O) groups excluding carboxylic acids is 1. The topological polar surface area (TPSA) is 20.3 Å². The van der Waals surface area contributed by atoms with Crippen LogP contribution < -0.4 is 0 Å². The zero-order valence-corrected chi connectivity index (χ0v) is 13.6. The third-order valence-corrected chi connectivity index (χ3v) is 5.15. The number of amides is 1. The van der Waals surface area contributed by atoms with Gasteiger partial charge in [-0.05, 0) is 38.7 Å². The third-order valence-electron chi connectivity index (χ3n) is 4.16. The number of nitrogens with zero attached hydrogens (tertiary/aromatic N) is 1. The summed E-state index contributed by atoms with van der Waals surface area (Å²) in [5, 5.41) is 0. The van der Waals surface area contributed by atoms with Crippen LogP contribution in [0.1, 0.15) is 44.2 Å². The molecule has 20 heavy (non-hydrogen) atoms. The summed E-state index contributed by atoms with van der Waals surface area (Å²) < 4.78 is 0. The molecule has 1 aliphatic heterocycles. The predicted octanol–water partition coefficient (Wildman–Crippen LogP) is 4.02. The Kier molecular flexibility index (Phi) is 5.53. The van der Waals surface area contributed by atoms with Crippen molar-refractivity contribution in [3.63, 3.8) is 0 Å². The second-order valence-electron chi connectivity index (χ2n) is 5.77. The van der Waals surface area contributed by atoms with Gasteiger partial charge in [-0.1, -0.05) is 36.8 Å². The normalized spacial score (nSPS) is 22.2. The average Bonchev–Trinajstić information content (AvgIpc) is 2.82. The second-order valence-corrected chi connectivity index (χ2v) is 6.75. The van der Waals surface area contributed by atoms with E-state index in [4.69, 9.17) is 0 Å². The molecule has 110 valence electrons. The fourth-order valence-electron chi connectivity index (χ4n) is 2.94. The van der Waals surface area contributed by atoms with Gasteiger partial charge in [0, 0.05) is 17.8 Å². The van der Waals surface area contributed by atoms with Crippen molar-refractivity contribution in [2.24, 2.45) is 0 Å². The lowest BCUT2D eigenvalue weighted by Gasteiger charge is -2.28. The average molecular weight is 291 g/mol. The molecule has 0 bridgehead atoms. The van der Waals surface area contributed by atoms with Gasteiger partial charge in [0.1, 0.15) is 0 Å². The minimum absolute atomic E-state index is 0.318. The highest BCUT2D eigenvalue weighted by atomic mass is 32.2. The van der Waals surface area contributed by atoms with Gasteiger partial charge in [0.15, 0.2) is 0 Å². The monoisotopic (exact) mass is 291 g/mol. The first-order chi connectivity index (χ1) is 9.61. The summed E-state index contributed by atoms with van der Waals surface area (Å²) in [5.41, 5.74) is 2.58. The Hall–Kier alpha value is -0.960. The summed E-state index contributed by atoms with van der Waals surface area (Å²) in [6.45, 7) is 6.46. The Labute approximate surface area is 126 Å². The number of hydrogen-bond donors (Lipinski definition) is 0. The molecule has 1 aromatic carbocycles. The fourth-order valence-corrected chi connectivity index (χ4v) is 3.79. The van der Waals surface area contributed by atoms with Crippen molar-refractivity contribution in [1.82, 2.24) is 4.90 Å². The van der Waals surface area contributed by atoms with E-state index in [-0.39, 0.29) is 0 Å².